The number of hydrogen-bond acceptors (Lipinski definition) is 7. The smallest absolute Gasteiger partial charge is 0.230 e. The monoisotopic (exact) mass is 418 g/mol. The molecular formula is C19H19FN4O2S2. The Kier molecular flexibility index (Phi) is 7.21. The number of aromatic nitrogens is 2. The summed E-state index contributed by atoms with van der Waals surface area (Å²) in [6, 6.07) is 13.9. The molecule has 0 saturated carbocycles. The minimum absolute atomic E-state index is 0.0617. The second-order valence-corrected chi connectivity index (χ2v) is 7.95. The van der Waals surface area contributed by atoms with Crippen molar-refractivity contribution in [3.8, 4) is 5.75 Å². The highest BCUT2D eigenvalue weighted by molar-refractivity contribution is 8.01. The predicted octanol–water partition coefficient (Wildman–Crippen LogP) is 3.88. The van der Waals surface area contributed by atoms with Crippen LogP contribution in [-0.2, 0) is 11.2 Å². The third-order valence-electron chi connectivity index (χ3n) is 3.70. The second kappa shape index (κ2) is 10.0. The van der Waals surface area contributed by atoms with Gasteiger partial charge in [-0.25, -0.2) is 4.39 Å². The summed E-state index contributed by atoms with van der Waals surface area (Å²) < 4.78 is 19.0. The Morgan fingerprint density at radius 2 is 2.04 bits per heavy atom. The highest BCUT2D eigenvalue weighted by Crippen LogP contribution is 2.27. The van der Waals surface area contributed by atoms with Crippen molar-refractivity contribution in [1.29, 1.82) is 0 Å². The summed E-state index contributed by atoms with van der Waals surface area (Å²) in [5.74, 6) is 0.688. The lowest BCUT2D eigenvalue weighted by Gasteiger charge is -2.05. The van der Waals surface area contributed by atoms with Gasteiger partial charge in [-0.05, 0) is 42.3 Å². The van der Waals surface area contributed by atoms with Crippen molar-refractivity contribution in [1.82, 2.24) is 15.5 Å². The first kappa shape index (κ1) is 20.1. The van der Waals surface area contributed by atoms with E-state index >= 15 is 0 Å². The molecule has 0 unspecified atom stereocenters. The lowest BCUT2D eigenvalue weighted by Crippen LogP contribution is -2.27. The molecule has 3 aromatic rings. The summed E-state index contributed by atoms with van der Waals surface area (Å²) in [6.45, 7) is 0.564. The first-order valence-electron chi connectivity index (χ1n) is 8.51. The quantitative estimate of drug-likeness (QED) is 0.514. The van der Waals surface area contributed by atoms with Gasteiger partial charge in [-0.3, -0.25) is 4.79 Å². The molecule has 6 nitrogen and oxygen atoms in total. The van der Waals surface area contributed by atoms with Crippen molar-refractivity contribution in [2.75, 3.05) is 24.7 Å². The van der Waals surface area contributed by atoms with E-state index in [1.54, 1.807) is 19.2 Å². The molecule has 0 bridgehead atoms. The number of nitrogens with zero attached hydrogens (tertiary/aromatic N) is 2. The van der Waals surface area contributed by atoms with Crippen molar-refractivity contribution in [2.24, 2.45) is 0 Å². The molecule has 0 aliphatic rings. The SMILES string of the molecule is COc1ccc(CCNC(=O)CSc2nnc(Nc3cccc(F)c3)s2)cc1. The molecule has 0 fully saturated rings. The summed E-state index contributed by atoms with van der Waals surface area (Å²) in [5, 5.41) is 14.5. The molecule has 0 radical (unpaired) electrons. The number of benzene rings is 2. The largest absolute Gasteiger partial charge is 0.497 e. The molecule has 3 rings (SSSR count). The van der Waals surface area contributed by atoms with Crippen molar-refractivity contribution >= 4 is 39.8 Å². The number of halogens is 1. The number of rotatable bonds is 9. The van der Waals surface area contributed by atoms with E-state index in [-0.39, 0.29) is 17.5 Å². The number of amides is 1. The Hall–Kier alpha value is -2.65. The van der Waals surface area contributed by atoms with E-state index in [2.05, 4.69) is 20.8 Å². The molecule has 1 amide bonds. The van der Waals surface area contributed by atoms with E-state index in [1.165, 1.54) is 35.2 Å². The summed E-state index contributed by atoms with van der Waals surface area (Å²) in [5.41, 5.74) is 1.73. The molecule has 0 saturated heterocycles. The number of nitrogens with one attached hydrogen (secondary N) is 2. The van der Waals surface area contributed by atoms with Gasteiger partial charge in [0.2, 0.25) is 11.0 Å². The lowest BCUT2D eigenvalue weighted by atomic mass is 10.1. The van der Waals surface area contributed by atoms with Gasteiger partial charge < -0.3 is 15.4 Å². The highest BCUT2D eigenvalue weighted by Gasteiger charge is 2.09. The summed E-state index contributed by atoms with van der Waals surface area (Å²) in [4.78, 5) is 12.0. The molecule has 0 atom stereocenters. The Morgan fingerprint density at radius 1 is 1.21 bits per heavy atom. The van der Waals surface area contributed by atoms with E-state index in [1.807, 2.05) is 24.3 Å². The van der Waals surface area contributed by atoms with Gasteiger partial charge in [-0.15, -0.1) is 10.2 Å². The molecule has 0 aliphatic carbocycles. The molecule has 28 heavy (non-hydrogen) atoms. The Labute approximate surface area is 170 Å². The van der Waals surface area contributed by atoms with Crippen LogP contribution in [0.3, 0.4) is 0 Å². The standard InChI is InChI=1S/C19H19FN4O2S2/c1-26-16-7-5-13(6-8-16)9-10-21-17(25)12-27-19-24-23-18(28-19)22-15-4-2-3-14(20)11-15/h2-8,11H,9-10,12H2,1H3,(H,21,25)(H,22,23). The number of hydrogen-bond donors (Lipinski definition) is 2. The van der Waals surface area contributed by atoms with E-state index in [9.17, 15) is 9.18 Å². The topological polar surface area (TPSA) is 76.1 Å². The maximum absolute atomic E-state index is 13.2. The predicted molar refractivity (Wildman–Crippen MR) is 110 cm³/mol. The Balaban J connectivity index is 1.39. The molecule has 2 aromatic carbocycles. The average Bonchev–Trinajstić information content (AvgIpc) is 3.14. The fourth-order valence-electron chi connectivity index (χ4n) is 2.33. The van der Waals surface area contributed by atoms with Crippen LogP contribution >= 0.6 is 23.1 Å². The van der Waals surface area contributed by atoms with E-state index in [0.717, 1.165) is 17.7 Å². The van der Waals surface area contributed by atoms with Gasteiger partial charge in [0.25, 0.3) is 0 Å². The molecular weight excluding hydrogens is 399 g/mol. The summed E-state index contributed by atoms with van der Waals surface area (Å²) >= 11 is 2.63. The van der Waals surface area contributed by atoms with E-state index in [0.29, 0.717) is 21.7 Å². The van der Waals surface area contributed by atoms with Gasteiger partial charge in [0.15, 0.2) is 4.34 Å². The molecule has 0 spiro atoms. The first-order chi connectivity index (χ1) is 13.6. The maximum atomic E-state index is 13.2. The van der Waals surface area contributed by atoms with Gasteiger partial charge in [-0.1, -0.05) is 41.3 Å². The zero-order valence-corrected chi connectivity index (χ0v) is 16.8. The third kappa shape index (κ3) is 6.21. The molecule has 1 heterocycles. The van der Waals surface area contributed by atoms with Crippen molar-refractivity contribution in [3.05, 3.63) is 59.9 Å². The summed E-state index contributed by atoms with van der Waals surface area (Å²) in [7, 11) is 1.63. The maximum Gasteiger partial charge on any atom is 0.230 e. The van der Waals surface area contributed by atoms with Crippen molar-refractivity contribution in [3.63, 3.8) is 0 Å². The highest BCUT2D eigenvalue weighted by atomic mass is 32.2. The molecule has 146 valence electrons. The van der Waals surface area contributed by atoms with Crippen LogP contribution in [0.4, 0.5) is 15.2 Å². The zero-order chi connectivity index (χ0) is 19.8. The lowest BCUT2D eigenvalue weighted by molar-refractivity contribution is -0.118. The number of carbonyl (C=O) groups is 1. The van der Waals surface area contributed by atoms with Crippen LogP contribution in [0.15, 0.2) is 52.9 Å². The van der Waals surface area contributed by atoms with Gasteiger partial charge in [0.1, 0.15) is 11.6 Å². The second-order valence-electron chi connectivity index (χ2n) is 5.75. The van der Waals surface area contributed by atoms with E-state index in [4.69, 9.17) is 4.74 Å². The fraction of sp³-hybridized carbons (Fsp3) is 0.211. The number of ether oxygens (including phenoxy) is 1. The van der Waals surface area contributed by atoms with Crippen LogP contribution < -0.4 is 15.4 Å². The van der Waals surface area contributed by atoms with Crippen LogP contribution in [0.5, 0.6) is 5.75 Å². The third-order valence-corrected chi connectivity index (χ3v) is 5.68. The van der Waals surface area contributed by atoms with Crippen LogP contribution in [0.2, 0.25) is 0 Å². The number of thioether (sulfide) groups is 1. The zero-order valence-electron chi connectivity index (χ0n) is 15.1. The van der Waals surface area contributed by atoms with Crippen LogP contribution in [0.25, 0.3) is 0 Å². The number of methoxy groups -OCH3 is 1. The first-order valence-corrected chi connectivity index (χ1v) is 10.3. The minimum Gasteiger partial charge on any atom is -0.497 e. The molecule has 1 aromatic heterocycles. The normalized spacial score (nSPS) is 10.5. The average molecular weight is 419 g/mol. The molecule has 9 heteroatoms. The Morgan fingerprint density at radius 3 is 2.79 bits per heavy atom. The Bertz CT molecular complexity index is 918. The van der Waals surface area contributed by atoms with Crippen molar-refractivity contribution < 1.29 is 13.9 Å². The van der Waals surface area contributed by atoms with Crippen LogP contribution in [0.1, 0.15) is 5.56 Å². The van der Waals surface area contributed by atoms with Gasteiger partial charge >= 0.3 is 0 Å². The van der Waals surface area contributed by atoms with Crippen LogP contribution in [-0.4, -0.2) is 35.5 Å². The number of anilines is 2. The van der Waals surface area contributed by atoms with E-state index < -0.39 is 0 Å². The number of carbonyl (C=O) groups excluding carboxylic acids is 1. The summed E-state index contributed by atoms with van der Waals surface area (Å²) in [6.07, 6.45) is 0.751. The van der Waals surface area contributed by atoms with Crippen molar-refractivity contribution in [2.45, 2.75) is 10.8 Å². The molecule has 0 aliphatic heterocycles. The van der Waals surface area contributed by atoms with Gasteiger partial charge in [0.05, 0.1) is 12.9 Å². The van der Waals surface area contributed by atoms with Crippen LogP contribution in [0, 0.1) is 5.82 Å². The molecule has 2 N–H and O–H groups in total. The van der Waals surface area contributed by atoms with Gasteiger partial charge in [-0.2, -0.15) is 0 Å². The van der Waals surface area contributed by atoms with Gasteiger partial charge in [0, 0.05) is 12.2 Å². The minimum atomic E-state index is -0.324. The fourth-order valence-corrected chi connectivity index (χ4v) is 3.93.